The lowest BCUT2D eigenvalue weighted by molar-refractivity contribution is 0.00538. The van der Waals surface area contributed by atoms with E-state index in [-0.39, 0.29) is 6.23 Å². The van der Waals surface area contributed by atoms with Gasteiger partial charge in [0.2, 0.25) is 0 Å². The summed E-state index contributed by atoms with van der Waals surface area (Å²) in [5.74, 6) is 0. The van der Waals surface area contributed by atoms with E-state index in [9.17, 15) is 0 Å². The zero-order valence-electron chi connectivity index (χ0n) is 9.68. The number of benzene rings is 1. The van der Waals surface area contributed by atoms with E-state index in [4.69, 9.17) is 4.74 Å². The van der Waals surface area contributed by atoms with Gasteiger partial charge in [-0.2, -0.15) is 0 Å². The lowest BCUT2D eigenvalue weighted by Gasteiger charge is -2.20. The van der Waals surface area contributed by atoms with Gasteiger partial charge in [0.25, 0.3) is 0 Å². The molecule has 1 aromatic rings. The van der Waals surface area contributed by atoms with Crippen molar-refractivity contribution in [1.29, 1.82) is 0 Å². The van der Waals surface area contributed by atoms with Crippen LogP contribution in [-0.2, 0) is 4.74 Å². The highest BCUT2D eigenvalue weighted by Gasteiger charge is 2.05. The molecule has 0 amide bonds. The summed E-state index contributed by atoms with van der Waals surface area (Å²) >= 11 is 0. The molecule has 1 atom stereocenters. The fraction of sp³-hybridized carbons (Fsp3) is 0.385. The predicted molar refractivity (Wildman–Crippen MR) is 64.6 cm³/mol. The fourth-order valence-electron chi connectivity index (χ4n) is 1.31. The zero-order chi connectivity index (χ0) is 11.1. The number of hydrogen-bond donors (Lipinski definition) is 0. The first-order valence-electron chi connectivity index (χ1n) is 5.25. The van der Waals surface area contributed by atoms with Gasteiger partial charge < -0.3 is 4.74 Å². The molecular formula is C13H19NO. The van der Waals surface area contributed by atoms with Crippen molar-refractivity contribution in [2.24, 2.45) is 0 Å². The molecule has 1 unspecified atom stereocenters. The summed E-state index contributed by atoms with van der Waals surface area (Å²) in [7, 11) is 4.02. The second-order valence-corrected chi connectivity index (χ2v) is 3.58. The van der Waals surface area contributed by atoms with Crippen molar-refractivity contribution in [2.75, 3.05) is 20.7 Å². The highest BCUT2D eigenvalue weighted by molar-refractivity contribution is 5.49. The van der Waals surface area contributed by atoms with Crippen molar-refractivity contribution in [1.82, 2.24) is 4.90 Å². The molecule has 0 fully saturated rings. The van der Waals surface area contributed by atoms with Crippen LogP contribution in [0.3, 0.4) is 0 Å². The summed E-state index contributed by atoms with van der Waals surface area (Å²) in [6.45, 7) is 2.73. The Balaban J connectivity index is 2.61. The molecule has 0 saturated heterocycles. The predicted octanol–water partition coefficient (Wildman–Crippen LogP) is 2.62. The first kappa shape index (κ1) is 12.0. The Labute approximate surface area is 92.2 Å². The van der Waals surface area contributed by atoms with E-state index >= 15 is 0 Å². The average Bonchev–Trinajstić information content (AvgIpc) is 2.25. The van der Waals surface area contributed by atoms with Crippen molar-refractivity contribution in [3.63, 3.8) is 0 Å². The second-order valence-electron chi connectivity index (χ2n) is 3.58. The van der Waals surface area contributed by atoms with E-state index in [1.54, 1.807) is 0 Å². The summed E-state index contributed by atoms with van der Waals surface area (Å²) < 4.78 is 5.56. The van der Waals surface area contributed by atoms with Crippen LogP contribution in [0.15, 0.2) is 36.4 Å². The van der Waals surface area contributed by atoms with Crippen LogP contribution < -0.4 is 0 Å². The maximum Gasteiger partial charge on any atom is 0.129 e. The summed E-state index contributed by atoms with van der Waals surface area (Å²) in [6, 6.07) is 10.2. The Morgan fingerprint density at radius 2 is 1.93 bits per heavy atom. The van der Waals surface area contributed by atoms with Crippen LogP contribution in [0.5, 0.6) is 0 Å². The molecule has 1 rings (SSSR count). The van der Waals surface area contributed by atoms with Crippen LogP contribution in [0, 0.1) is 0 Å². The van der Waals surface area contributed by atoms with Crippen LogP contribution >= 0.6 is 0 Å². The molecule has 0 aliphatic heterocycles. The molecule has 0 heterocycles. The van der Waals surface area contributed by atoms with E-state index in [0.717, 1.165) is 6.61 Å². The molecule has 2 nitrogen and oxygen atoms in total. The van der Waals surface area contributed by atoms with Crippen molar-refractivity contribution in [2.45, 2.75) is 13.2 Å². The first-order chi connectivity index (χ1) is 7.24. The van der Waals surface area contributed by atoms with Crippen LogP contribution in [-0.4, -0.2) is 31.8 Å². The average molecular weight is 205 g/mol. The van der Waals surface area contributed by atoms with Crippen LogP contribution in [0.1, 0.15) is 12.5 Å². The maximum absolute atomic E-state index is 5.56. The molecule has 82 valence electrons. The molecule has 0 bridgehead atoms. The van der Waals surface area contributed by atoms with Crippen LogP contribution in [0.25, 0.3) is 6.08 Å². The first-order valence-corrected chi connectivity index (χ1v) is 5.25. The van der Waals surface area contributed by atoms with Gasteiger partial charge in [-0.15, -0.1) is 0 Å². The third-order valence-corrected chi connectivity index (χ3v) is 2.10. The molecule has 0 radical (unpaired) electrons. The summed E-state index contributed by atoms with van der Waals surface area (Å²) in [5.41, 5.74) is 1.20. The quantitative estimate of drug-likeness (QED) is 0.685. The minimum atomic E-state index is 0.0511. The number of rotatable bonds is 5. The van der Waals surface area contributed by atoms with Gasteiger partial charge in [-0.25, -0.2) is 0 Å². The van der Waals surface area contributed by atoms with E-state index in [1.165, 1.54) is 5.56 Å². The molecule has 0 N–H and O–H groups in total. The number of ether oxygens (including phenoxy) is 1. The molecule has 0 saturated carbocycles. The monoisotopic (exact) mass is 205 g/mol. The smallest absolute Gasteiger partial charge is 0.129 e. The minimum absolute atomic E-state index is 0.0511. The van der Waals surface area contributed by atoms with Crippen molar-refractivity contribution in [3.05, 3.63) is 42.0 Å². The topological polar surface area (TPSA) is 12.5 Å². The lowest BCUT2D eigenvalue weighted by atomic mass is 10.2. The molecule has 0 aromatic heterocycles. The molecule has 0 aliphatic rings. The van der Waals surface area contributed by atoms with Crippen molar-refractivity contribution < 1.29 is 4.74 Å². The highest BCUT2D eigenvalue weighted by atomic mass is 16.5. The molecule has 2 heteroatoms. The second kappa shape index (κ2) is 6.38. The summed E-state index contributed by atoms with van der Waals surface area (Å²) in [4.78, 5) is 2.04. The molecule has 1 aromatic carbocycles. The van der Waals surface area contributed by atoms with Gasteiger partial charge in [-0.05, 0) is 32.7 Å². The van der Waals surface area contributed by atoms with Gasteiger partial charge in [-0.3, -0.25) is 4.90 Å². The van der Waals surface area contributed by atoms with Crippen molar-refractivity contribution in [3.8, 4) is 0 Å². The van der Waals surface area contributed by atoms with Gasteiger partial charge in [0.1, 0.15) is 6.23 Å². The Kier molecular flexibility index (Phi) is 5.08. The van der Waals surface area contributed by atoms with Gasteiger partial charge in [-0.1, -0.05) is 36.4 Å². The summed E-state index contributed by atoms with van der Waals surface area (Å²) in [5, 5.41) is 0. The minimum Gasteiger partial charge on any atom is -0.360 e. The van der Waals surface area contributed by atoms with Gasteiger partial charge >= 0.3 is 0 Å². The van der Waals surface area contributed by atoms with E-state index in [2.05, 4.69) is 24.3 Å². The maximum atomic E-state index is 5.56. The third-order valence-electron chi connectivity index (χ3n) is 2.10. The van der Waals surface area contributed by atoms with Gasteiger partial charge in [0.05, 0.1) is 0 Å². The summed E-state index contributed by atoms with van der Waals surface area (Å²) in [6.07, 6.45) is 4.20. The van der Waals surface area contributed by atoms with E-state index < -0.39 is 0 Å². The lowest BCUT2D eigenvalue weighted by Crippen LogP contribution is -2.28. The SMILES string of the molecule is CCOC(C=Cc1ccccc1)N(C)C. The number of likely N-dealkylation sites (N-methyl/N-ethyl adjacent to an activating group) is 1. The van der Waals surface area contributed by atoms with E-state index in [1.807, 2.05) is 44.1 Å². The Morgan fingerprint density at radius 1 is 1.27 bits per heavy atom. The van der Waals surface area contributed by atoms with Crippen molar-refractivity contribution >= 4 is 6.08 Å². The van der Waals surface area contributed by atoms with Gasteiger partial charge in [0, 0.05) is 6.61 Å². The third kappa shape index (κ3) is 4.28. The van der Waals surface area contributed by atoms with Crippen LogP contribution in [0.4, 0.5) is 0 Å². The normalized spacial score (nSPS) is 13.6. The Bertz CT molecular complexity index is 293. The molecule has 0 aliphatic carbocycles. The Hall–Kier alpha value is -1.12. The van der Waals surface area contributed by atoms with E-state index in [0.29, 0.717) is 0 Å². The standard InChI is InChI=1S/C13H19NO/c1-4-15-13(14(2)3)11-10-12-8-6-5-7-9-12/h5-11,13H,4H2,1-3H3. The molecule has 15 heavy (non-hydrogen) atoms. The molecular weight excluding hydrogens is 186 g/mol. The Morgan fingerprint density at radius 3 is 2.47 bits per heavy atom. The number of nitrogens with zero attached hydrogens (tertiary/aromatic N) is 1. The van der Waals surface area contributed by atoms with Crippen LogP contribution in [0.2, 0.25) is 0 Å². The fourth-order valence-corrected chi connectivity index (χ4v) is 1.31. The molecule has 0 spiro atoms. The highest BCUT2D eigenvalue weighted by Crippen LogP contribution is 2.05. The van der Waals surface area contributed by atoms with Gasteiger partial charge in [0.15, 0.2) is 0 Å². The number of hydrogen-bond acceptors (Lipinski definition) is 2. The zero-order valence-corrected chi connectivity index (χ0v) is 9.68. The largest absolute Gasteiger partial charge is 0.360 e.